The van der Waals surface area contributed by atoms with Crippen LogP contribution in [0.1, 0.15) is 42.6 Å². The van der Waals surface area contributed by atoms with Gasteiger partial charge in [0.05, 0.1) is 11.1 Å². The van der Waals surface area contributed by atoms with Gasteiger partial charge in [0.25, 0.3) is 5.91 Å². The maximum atomic E-state index is 12.1. The number of benzene rings is 1. The van der Waals surface area contributed by atoms with Crippen LogP contribution in [-0.2, 0) is 10.3 Å². The lowest BCUT2D eigenvalue weighted by molar-refractivity contribution is -0.174. The van der Waals surface area contributed by atoms with Gasteiger partial charge in [-0.25, -0.2) is 9.97 Å². The molecule has 0 radical (unpaired) electrons. The summed E-state index contributed by atoms with van der Waals surface area (Å²) in [4.78, 5) is 30.4. The summed E-state index contributed by atoms with van der Waals surface area (Å²) < 4.78 is 36.2. The van der Waals surface area contributed by atoms with Crippen LogP contribution in [0.2, 0.25) is 5.02 Å². The van der Waals surface area contributed by atoms with Gasteiger partial charge in [-0.15, -0.1) is 0 Å². The maximum Gasteiger partial charge on any atom is 0.472 e. The van der Waals surface area contributed by atoms with E-state index in [1.54, 1.807) is 11.5 Å². The smallest absolute Gasteiger partial charge is 0.345 e. The fourth-order valence-corrected chi connectivity index (χ4v) is 2.57. The molecular formula is C18H19ClF3N5O2. The highest BCUT2D eigenvalue weighted by atomic mass is 35.5. The second-order valence-electron chi connectivity index (χ2n) is 5.92. The monoisotopic (exact) mass is 429 g/mol. The van der Waals surface area contributed by atoms with Crippen molar-refractivity contribution >= 4 is 29.4 Å². The van der Waals surface area contributed by atoms with E-state index in [4.69, 9.17) is 11.6 Å². The molecule has 1 aliphatic rings. The number of nitrogens with one attached hydrogen (secondary N) is 3. The molecular weight excluding hydrogens is 411 g/mol. The third-order valence-electron chi connectivity index (χ3n) is 3.94. The van der Waals surface area contributed by atoms with Gasteiger partial charge in [0, 0.05) is 17.4 Å². The Kier molecular flexibility index (Phi) is 7.02. The maximum absolute atomic E-state index is 12.1. The molecule has 1 heterocycles. The van der Waals surface area contributed by atoms with Crippen LogP contribution in [0.5, 0.6) is 0 Å². The molecule has 156 valence electrons. The molecule has 2 aromatic rings. The van der Waals surface area contributed by atoms with Crippen LogP contribution in [-0.4, -0.2) is 28.0 Å². The van der Waals surface area contributed by atoms with Crippen LogP contribution in [0.25, 0.3) is 0 Å². The van der Waals surface area contributed by atoms with Gasteiger partial charge < -0.3 is 5.32 Å². The van der Waals surface area contributed by atoms with Crippen molar-refractivity contribution in [3.05, 3.63) is 52.8 Å². The number of aromatic nitrogens is 2. The molecule has 29 heavy (non-hydrogen) atoms. The van der Waals surface area contributed by atoms with Gasteiger partial charge in [0.2, 0.25) is 5.95 Å². The molecule has 7 nitrogen and oxygen atoms in total. The second kappa shape index (κ2) is 9.08. The Morgan fingerprint density at radius 2 is 1.72 bits per heavy atom. The minimum absolute atomic E-state index is 0.115. The molecule has 0 bridgehead atoms. The van der Waals surface area contributed by atoms with E-state index in [0.29, 0.717) is 5.02 Å². The first-order chi connectivity index (χ1) is 13.7. The number of halogens is 4. The van der Waals surface area contributed by atoms with Crippen molar-refractivity contribution in [3.8, 4) is 0 Å². The van der Waals surface area contributed by atoms with Crippen molar-refractivity contribution in [1.82, 2.24) is 20.8 Å². The summed E-state index contributed by atoms with van der Waals surface area (Å²) in [5.74, 6) is -3.01. The number of carbonyl (C=O) groups is 2. The standard InChI is InChI=1S/C16H13ClF3N5O2.C2H6/c17-11-3-1-2-10(6-11)15(4-5-15)23-14-21-7-9(8-22-14)12(26)24-25-13(27)16(18,19)20;1-2/h1-3,6-8H,4-5H2,(H,24,26)(H,25,27)(H,21,22,23);1-2H3. The summed E-state index contributed by atoms with van der Waals surface area (Å²) in [6.45, 7) is 4.00. The summed E-state index contributed by atoms with van der Waals surface area (Å²) >= 11 is 6.01. The lowest BCUT2D eigenvalue weighted by atomic mass is 10.1. The predicted octanol–water partition coefficient (Wildman–Crippen LogP) is 3.58. The largest absolute Gasteiger partial charge is 0.472 e. The second-order valence-corrected chi connectivity index (χ2v) is 6.36. The molecule has 1 saturated carbocycles. The Morgan fingerprint density at radius 1 is 1.10 bits per heavy atom. The molecule has 11 heteroatoms. The summed E-state index contributed by atoms with van der Waals surface area (Å²) in [6.07, 6.45) is -1.13. The van der Waals surface area contributed by atoms with E-state index >= 15 is 0 Å². The summed E-state index contributed by atoms with van der Waals surface area (Å²) in [7, 11) is 0. The highest BCUT2D eigenvalue weighted by Gasteiger charge is 2.45. The Balaban J connectivity index is 0.00000145. The first-order valence-electron chi connectivity index (χ1n) is 8.73. The number of hydrogen-bond acceptors (Lipinski definition) is 5. The first-order valence-corrected chi connectivity index (χ1v) is 9.11. The number of alkyl halides is 3. The minimum Gasteiger partial charge on any atom is -0.345 e. The van der Waals surface area contributed by atoms with Gasteiger partial charge in [-0.2, -0.15) is 13.2 Å². The molecule has 0 spiro atoms. The first kappa shape index (κ1) is 22.4. The number of carbonyl (C=O) groups excluding carboxylic acids is 2. The number of hydrogen-bond donors (Lipinski definition) is 3. The van der Waals surface area contributed by atoms with Crippen LogP contribution >= 0.6 is 11.6 Å². The fourth-order valence-electron chi connectivity index (χ4n) is 2.38. The van der Waals surface area contributed by atoms with Crippen molar-refractivity contribution < 1.29 is 22.8 Å². The van der Waals surface area contributed by atoms with Crippen molar-refractivity contribution in [2.24, 2.45) is 0 Å². The quantitative estimate of drug-likeness (QED) is 0.645. The van der Waals surface area contributed by atoms with Crippen LogP contribution in [0, 0.1) is 0 Å². The average molecular weight is 430 g/mol. The van der Waals surface area contributed by atoms with Gasteiger partial charge in [0.1, 0.15) is 0 Å². The molecule has 0 saturated heterocycles. The van der Waals surface area contributed by atoms with Gasteiger partial charge in [-0.1, -0.05) is 37.6 Å². The van der Waals surface area contributed by atoms with Crippen molar-refractivity contribution in [2.45, 2.75) is 38.4 Å². The van der Waals surface area contributed by atoms with Crippen LogP contribution in [0.15, 0.2) is 36.7 Å². The van der Waals surface area contributed by atoms with Crippen molar-refractivity contribution in [2.75, 3.05) is 5.32 Å². The fraction of sp³-hybridized carbons (Fsp3) is 0.333. The van der Waals surface area contributed by atoms with Gasteiger partial charge in [0.15, 0.2) is 0 Å². The third kappa shape index (κ3) is 5.80. The number of hydrazine groups is 1. The highest BCUT2D eigenvalue weighted by molar-refractivity contribution is 6.30. The van der Waals surface area contributed by atoms with Gasteiger partial charge >= 0.3 is 12.1 Å². The molecule has 0 atom stereocenters. The molecule has 2 amide bonds. The van der Waals surface area contributed by atoms with Crippen LogP contribution in [0.3, 0.4) is 0 Å². The van der Waals surface area contributed by atoms with E-state index < -0.39 is 18.0 Å². The van der Waals surface area contributed by atoms with Crippen molar-refractivity contribution in [1.29, 1.82) is 0 Å². The van der Waals surface area contributed by atoms with Crippen LogP contribution < -0.4 is 16.2 Å². The van der Waals surface area contributed by atoms with Gasteiger partial charge in [-0.05, 0) is 30.5 Å². The Morgan fingerprint density at radius 3 is 2.24 bits per heavy atom. The van der Waals surface area contributed by atoms with E-state index in [0.717, 1.165) is 30.8 Å². The SMILES string of the molecule is CC.O=C(NNC(=O)C(F)(F)F)c1cnc(NC2(c3cccc(Cl)c3)CC2)nc1. The third-order valence-corrected chi connectivity index (χ3v) is 4.17. The molecule has 3 N–H and O–H groups in total. The molecule has 1 aliphatic carbocycles. The van der Waals surface area contributed by atoms with E-state index in [-0.39, 0.29) is 17.1 Å². The van der Waals surface area contributed by atoms with E-state index in [1.165, 1.54) is 5.43 Å². The topological polar surface area (TPSA) is 96.0 Å². The summed E-state index contributed by atoms with van der Waals surface area (Å²) in [6, 6.07) is 7.37. The minimum atomic E-state index is -5.10. The van der Waals surface area contributed by atoms with Gasteiger partial charge in [-0.3, -0.25) is 20.4 Å². The van der Waals surface area contributed by atoms with Crippen LogP contribution in [0.4, 0.5) is 19.1 Å². The normalized spacial score (nSPS) is 14.1. The molecule has 0 unspecified atom stereocenters. The number of rotatable bonds is 4. The summed E-state index contributed by atoms with van der Waals surface area (Å²) in [5, 5.41) is 3.78. The number of nitrogens with zero attached hydrogens (tertiary/aromatic N) is 2. The van der Waals surface area contributed by atoms with Crippen molar-refractivity contribution in [3.63, 3.8) is 0 Å². The molecule has 1 fully saturated rings. The predicted molar refractivity (Wildman–Crippen MR) is 101 cm³/mol. The lowest BCUT2D eigenvalue weighted by Gasteiger charge is -2.18. The van der Waals surface area contributed by atoms with E-state index in [9.17, 15) is 22.8 Å². The zero-order valence-corrected chi connectivity index (χ0v) is 16.4. The molecule has 1 aromatic carbocycles. The van der Waals surface area contributed by atoms with E-state index in [1.807, 2.05) is 32.0 Å². The Labute approximate surface area is 170 Å². The Hall–Kier alpha value is -2.88. The zero-order chi connectivity index (χ0) is 21.7. The summed E-state index contributed by atoms with van der Waals surface area (Å²) in [5.41, 5.74) is 3.44. The zero-order valence-electron chi connectivity index (χ0n) is 15.6. The molecule has 0 aliphatic heterocycles. The molecule has 3 rings (SSSR count). The Bertz CT molecular complexity index is 871. The molecule has 1 aromatic heterocycles. The highest BCUT2D eigenvalue weighted by Crippen LogP contribution is 2.48. The number of amides is 2. The average Bonchev–Trinajstić information content (AvgIpc) is 3.48. The van der Waals surface area contributed by atoms with E-state index in [2.05, 4.69) is 15.3 Å². The lowest BCUT2D eigenvalue weighted by Crippen LogP contribution is -2.47. The number of anilines is 1.